The highest BCUT2D eigenvalue weighted by molar-refractivity contribution is 5.73. The molecule has 0 spiro atoms. The third-order valence-electron chi connectivity index (χ3n) is 2.58. The predicted molar refractivity (Wildman–Crippen MR) is 60.0 cm³/mol. The van der Waals surface area contributed by atoms with Crippen LogP contribution in [-0.2, 0) is 11.8 Å². The average Bonchev–Trinajstić information content (AvgIpc) is 2.76. The Morgan fingerprint density at radius 2 is 2.41 bits per heavy atom. The van der Waals surface area contributed by atoms with Crippen LogP contribution in [0.4, 0.5) is 4.79 Å². The number of hydrogen-bond acceptors (Lipinski definition) is 5. The maximum atomic E-state index is 11.6. The topological polar surface area (TPSA) is 73.1 Å². The van der Waals surface area contributed by atoms with E-state index in [0.717, 1.165) is 12.0 Å². The number of rotatable bonds is 2. The van der Waals surface area contributed by atoms with Crippen LogP contribution >= 0.6 is 0 Å². The minimum absolute atomic E-state index is 0.284. The molecule has 7 nitrogen and oxygen atoms in total. The molecule has 0 radical (unpaired) electrons. The van der Waals surface area contributed by atoms with Crippen molar-refractivity contribution in [2.24, 2.45) is 7.05 Å². The van der Waals surface area contributed by atoms with Crippen LogP contribution < -0.4 is 0 Å². The van der Waals surface area contributed by atoms with Crippen LogP contribution in [0.2, 0.25) is 0 Å². The molecule has 17 heavy (non-hydrogen) atoms. The standard InChI is InChI=1S/C10H15N5O2/c1-3-17-10(16)15-6-4-5-8(7-15)9-11-12-13-14(9)2/h5H,3-4,6-7H2,1-2H3. The quantitative estimate of drug-likeness (QED) is 0.747. The summed E-state index contributed by atoms with van der Waals surface area (Å²) in [5, 5.41) is 11.3. The molecule has 1 aliphatic heterocycles. The molecule has 0 unspecified atom stereocenters. The third kappa shape index (κ3) is 2.43. The van der Waals surface area contributed by atoms with Gasteiger partial charge in [0.05, 0.1) is 13.2 Å². The summed E-state index contributed by atoms with van der Waals surface area (Å²) in [5.74, 6) is 0.694. The van der Waals surface area contributed by atoms with E-state index in [1.54, 1.807) is 23.6 Å². The maximum absolute atomic E-state index is 11.6. The Hall–Kier alpha value is -1.92. The lowest BCUT2D eigenvalue weighted by atomic mass is 10.1. The molecule has 2 heterocycles. The molecular formula is C10H15N5O2. The Morgan fingerprint density at radius 3 is 3.06 bits per heavy atom. The SMILES string of the molecule is CCOC(=O)N1CCC=C(c2nnnn2C)C1. The van der Waals surface area contributed by atoms with Crippen LogP contribution in [0.1, 0.15) is 19.2 Å². The molecule has 0 bridgehead atoms. The molecule has 0 N–H and O–H groups in total. The van der Waals surface area contributed by atoms with Gasteiger partial charge in [0, 0.05) is 19.2 Å². The number of carbonyl (C=O) groups excluding carboxylic acids is 1. The third-order valence-corrected chi connectivity index (χ3v) is 2.58. The minimum Gasteiger partial charge on any atom is -0.450 e. The van der Waals surface area contributed by atoms with E-state index in [1.807, 2.05) is 0 Å². The molecule has 7 heteroatoms. The van der Waals surface area contributed by atoms with E-state index in [-0.39, 0.29) is 6.09 Å². The number of aryl methyl sites for hydroxylation is 1. The van der Waals surface area contributed by atoms with Crippen molar-refractivity contribution in [3.8, 4) is 0 Å². The first-order chi connectivity index (χ1) is 8.22. The molecule has 0 aromatic carbocycles. The Bertz CT molecular complexity index is 440. The van der Waals surface area contributed by atoms with Crippen LogP contribution in [0.15, 0.2) is 6.08 Å². The van der Waals surface area contributed by atoms with Crippen LogP contribution in [0.5, 0.6) is 0 Å². The minimum atomic E-state index is -0.284. The van der Waals surface area contributed by atoms with Crippen LogP contribution in [-0.4, -0.2) is 50.9 Å². The molecule has 0 aliphatic carbocycles. The predicted octanol–water partition coefficient (Wildman–Crippen LogP) is 0.456. The van der Waals surface area contributed by atoms with Gasteiger partial charge in [-0.25, -0.2) is 9.48 Å². The van der Waals surface area contributed by atoms with E-state index in [4.69, 9.17) is 4.74 Å². The number of carbonyl (C=O) groups is 1. The Labute approximate surface area is 99.0 Å². The van der Waals surface area contributed by atoms with Crippen molar-refractivity contribution in [2.45, 2.75) is 13.3 Å². The van der Waals surface area contributed by atoms with E-state index < -0.39 is 0 Å². The molecule has 1 aromatic heterocycles. The van der Waals surface area contributed by atoms with Gasteiger partial charge in [-0.3, -0.25) is 0 Å². The van der Waals surface area contributed by atoms with Gasteiger partial charge in [-0.2, -0.15) is 0 Å². The van der Waals surface area contributed by atoms with Crippen molar-refractivity contribution in [3.63, 3.8) is 0 Å². The average molecular weight is 237 g/mol. The second kappa shape index (κ2) is 4.94. The fraction of sp³-hybridized carbons (Fsp3) is 0.600. The molecule has 0 saturated heterocycles. The van der Waals surface area contributed by atoms with Crippen molar-refractivity contribution in [2.75, 3.05) is 19.7 Å². The highest BCUT2D eigenvalue weighted by atomic mass is 16.6. The summed E-state index contributed by atoms with van der Waals surface area (Å²) >= 11 is 0. The van der Waals surface area contributed by atoms with Gasteiger partial charge in [-0.05, 0) is 23.8 Å². The largest absolute Gasteiger partial charge is 0.450 e. The molecule has 1 amide bonds. The number of amides is 1. The summed E-state index contributed by atoms with van der Waals surface area (Å²) in [6.45, 7) is 3.35. The van der Waals surface area contributed by atoms with Gasteiger partial charge < -0.3 is 9.64 Å². The lowest BCUT2D eigenvalue weighted by molar-refractivity contribution is 0.111. The number of ether oxygens (including phenoxy) is 1. The van der Waals surface area contributed by atoms with Crippen molar-refractivity contribution < 1.29 is 9.53 Å². The van der Waals surface area contributed by atoms with Gasteiger partial charge in [-0.1, -0.05) is 6.08 Å². The first-order valence-electron chi connectivity index (χ1n) is 5.55. The molecule has 1 aliphatic rings. The number of hydrogen-bond donors (Lipinski definition) is 0. The van der Waals surface area contributed by atoms with Crippen LogP contribution in [0.3, 0.4) is 0 Å². The Balaban J connectivity index is 2.09. The van der Waals surface area contributed by atoms with E-state index in [1.165, 1.54) is 0 Å². The van der Waals surface area contributed by atoms with E-state index >= 15 is 0 Å². The summed E-state index contributed by atoms with van der Waals surface area (Å²) in [4.78, 5) is 13.3. The Kier molecular flexibility index (Phi) is 3.36. The fourth-order valence-electron chi connectivity index (χ4n) is 1.78. The monoisotopic (exact) mass is 237 g/mol. The molecule has 0 atom stereocenters. The van der Waals surface area contributed by atoms with Gasteiger partial charge in [0.25, 0.3) is 0 Å². The zero-order valence-electron chi connectivity index (χ0n) is 9.96. The highest BCUT2D eigenvalue weighted by Gasteiger charge is 2.22. The zero-order valence-corrected chi connectivity index (χ0v) is 9.96. The summed E-state index contributed by atoms with van der Waals surface area (Å²) in [6.07, 6.45) is 2.57. The molecule has 2 rings (SSSR count). The molecular weight excluding hydrogens is 222 g/mol. The zero-order chi connectivity index (χ0) is 12.3. The fourth-order valence-corrected chi connectivity index (χ4v) is 1.78. The van der Waals surface area contributed by atoms with Crippen molar-refractivity contribution >= 4 is 11.7 Å². The van der Waals surface area contributed by atoms with Gasteiger partial charge >= 0.3 is 6.09 Å². The summed E-state index contributed by atoms with van der Waals surface area (Å²) in [5.41, 5.74) is 0.955. The smallest absolute Gasteiger partial charge is 0.410 e. The molecule has 1 aromatic rings. The van der Waals surface area contributed by atoms with Gasteiger partial charge in [0.15, 0.2) is 5.82 Å². The lowest BCUT2D eigenvalue weighted by Gasteiger charge is -2.25. The van der Waals surface area contributed by atoms with E-state index in [0.29, 0.717) is 25.5 Å². The number of nitrogens with zero attached hydrogens (tertiary/aromatic N) is 5. The van der Waals surface area contributed by atoms with Crippen molar-refractivity contribution in [1.82, 2.24) is 25.1 Å². The van der Waals surface area contributed by atoms with Crippen LogP contribution in [0, 0.1) is 0 Å². The van der Waals surface area contributed by atoms with Gasteiger partial charge in [0.1, 0.15) is 0 Å². The number of tetrazole rings is 1. The summed E-state index contributed by atoms with van der Waals surface area (Å²) in [6, 6.07) is 0. The van der Waals surface area contributed by atoms with Crippen molar-refractivity contribution in [3.05, 3.63) is 11.9 Å². The summed E-state index contributed by atoms with van der Waals surface area (Å²) < 4.78 is 6.58. The first kappa shape index (κ1) is 11.6. The van der Waals surface area contributed by atoms with E-state index in [9.17, 15) is 4.79 Å². The van der Waals surface area contributed by atoms with Crippen LogP contribution in [0.25, 0.3) is 5.57 Å². The van der Waals surface area contributed by atoms with Gasteiger partial charge in [-0.15, -0.1) is 5.10 Å². The second-order valence-corrected chi connectivity index (χ2v) is 3.76. The van der Waals surface area contributed by atoms with E-state index in [2.05, 4.69) is 21.6 Å². The lowest BCUT2D eigenvalue weighted by Crippen LogP contribution is -2.36. The number of aromatic nitrogens is 4. The first-order valence-corrected chi connectivity index (χ1v) is 5.55. The second-order valence-electron chi connectivity index (χ2n) is 3.76. The maximum Gasteiger partial charge on any atom is 0.410 e. The van der Waals surface area contributed by atoms with Crippen molar-refractivity contribution in [1.29, 1.82) is 0 Å². The molecule has 92 valence electrons. The molecule has 0 saturated carbocycles. The summed E-state index contributed by atoms with van der Waals surface area (Å²) in [7, 11) is 1.78. The Morgan fingerprint density at radius 1 is 1.59 bits per heavy atom. The highest BCUT2D eigenvalue weighted by Crippen LogP contribution is 2.18. The molecule has 0 fully saturated rings. The van der Waals surface area contributed by atoms with Gasteiger partial charge in [0.2, 0.25) is 0 Å². The normalized spacial score (nSPS) is 15.6.